The summed E-state index contributed by atoms with van der Waals surface area (Å²) in [7, 11) is 0. The Kier molecular flexibility index (Phi) is 7.92. The fourth-order valence-electron chi connectivity index (χ4n) is 4.67. The van der Waals surface area contributed by atoms with Crippen LogP contribution in [0, 0.1) is 19.3 Å². The van der Waals surface area contributed by atoms with Crippen molar-refractivity contribution in [2.75, 3.05) is 19.7 Å². The SMILES string of the molecule is Cc1ccc(C)c(OCCCC(C)(C)C(=O)NC2CCN(C(=O)c3ccc4ncccc4c3)CC2)c1. The number of hydrogen-bond acceptors (Lipinski definition) is 4. The minimum Gasteiger partial charge on any atom is -0.493 e. The number of aromatic nitrogens is 1. The number of pyridine rings is 1. The molecule has 0 atom stereocenters. The molecule has 1 aliphatic rings. The highest BCUT2D eigenvalue weighted by molar-refractivity contribution is 5.98. The van der Waals surface area contributed by atoms with Gasteiger partial charge in [0.1, 0.15) is 5.75 Å². The van der Waals surface area contributed by atoms with E-state index in [0.29, 0.717) is 25.3 Å². The number of carbonyl (C=O) groups excluding carboxylic acids is 2. The Bertz CT molecular complexity index is 1230. The van der Waals surface area contributed by atoms with Crippen molar-refractivity contribution in [3.63, 3.8) is 0 Å². The van der Waals surface area contributed by atoms with Crippen molar-refractivity contribution in [1.82, 2.24) is 15.2 Å². The lowest BCUT2D eigenvalue weighted by atomic mass is 9.86. The summed E-state index contributed by atoms with van der Waals surface area (Å²) in [5, 5.41) is 4.20. The summed E-state index contributed by atoms with van der Waals surface area (Å²) < 4.78 is 5.96. The third-order valence-electron chi connectivity index (χ3n) is 7.13. The van der Waals surface area contributed by atoms with E-state index in [1.165, 1.54) is 5.56 Å². The number of fused-ring (bicyclic) bond motifs is 1. The smallest absolute Gasteiger partial charge is 0.253 e. The lowest BCUT2D eigenvalue weighted by Crippen LogP contribution is -2.49. The van der Waals surface area contributed by atoms with E-state index in [1.807, 2.05) is 56.0 Å². The molecule has 1 aromatic heterocycles. The molecule has 190 valence electrons. The van der Waals surface area contributed by atoms with E-state index in [4.69, 9.17) is 4.74 Å². The Hall–Kier alpha value is -3.41. The van der Waals surface area contributed by atoms with Crippen LogP contribution in [0.3, 0.4) is 0 Å². The van der Waals surface area contributed by atoms with Gasteiger partial charge in [-0.1, -0.05) is 32.0 Å². The first-order valence-corrected chi connectivity index (χ1v) is 12.9. The van der Waals surface area contributed by atoms with Crippen LogP contribution >= 0.6 is 0 Å². The third kappa shape index (κ3) is 6.23. The number of aryl methyl sites for hydroxylation is 2. The molecule has 2 heterocycles. The van der Waals surface area contributed by atoms with E-state index >= 15 is 0 Å². The van der Waals surface area contributed by atoms with Gasteiger partial charge in [0.05, 0.1) is 12.1 Å². The number of nitrogens with one attached hydrogen (secondary N) is 1. The molecule has 6 nitrogen and oxygen atoms in total. The zero-order chi connectivity index (χ0) is 25.7. The first-order valence-electron chi connectivity index (χ1n) is 12.9. The number of rotatable bonds is 8. The Morgan fingerprint density at radius 3 is 2.64 bits per heavy atom. The number of nitrogens with zero attached hydrogens (tertiary/aromatic N) is 2. The lowest BCUT2D eigenvalue weighted by molar-refractivity contribution is -0.130. The molecule has 36 heavy (non-hydrogen) atoms. The van der Waals surface area contributed by atoms with Crippen molar-refractivity contribution in [2.24, 2.45) is 5.41 Å². The van der Waals surface area contributed by atoms with Crippen LogP contribution in [-0.2, 0) is 4.79 Å². The molecule has 0 bridgehead atoms. The van der Waals surface area contributed by atoms with E-state index < -0.39 is 5.41 Å². The predicted molar refractivity (Wildman–Crippen MR) is 143 cm³/mol. The van der Waals surface area contributed by atoms with Gasteiger partial charge in [0.2, 0.25) is 5.91 Å². The van der Waals surface area contributed by atoms with Gasteiger partial charge in [0, 0.05) is 41.7 Å². The summed E-state index contributed by atoms with van der Waals surface area (Å²) in [4.78, 5) is 32.3. The van der Waals surface area contributed by atoms with Crippen LogP contribution in [-0.4, -0.2) is 47.4 Å². The van der Waals surface area contributed by atoms with Gasteiger partial charge in [-0.05, 0) is 81.0 Å². The number of carbonyl (C=O) groups is 2. The summed E-state index contributed by atoms with van der Waals surface area (Å²) in [5.74, 6) is 1.02. The van der Waals surface area contributed by atoms with Crippen molar-refractivity contribution in [3.8, 4) is 5.75 Å². The number of likely N-dealkylation sites (tertiary alicyclic amines) is 1. The fraction of sp³-hybridized carbons (Fsp3) is 0.433. The number of hydrogen-bond donors (Lipinski definition) is 1. The molecule has 0 spiro atoms. The van der Waals surface area contributed by atoms with Crippen LogP contribution in [0.5, 0.6) is 5.75 Å². The highest BCUT2D eigenvalue weighted by atomic mass is 16.5. The first kappa shape index (κ1) is 25.7. The highest BCUT2D eigenvalue weighted by Gasteiger charge is 2.31. The Labute approximate surface area is 214 Å². The van der Waals surface area contributed by atoms with E-state index in [9.17, 15) is 9.59 Å². The van der Waals surface area contributed by atoms with Gasteiger partial charge in [0.25, 0.3) is 5.91 Å². The molecule has 2 amide bonds. The molecular formula is C30H37N3O3. The standard InChI is InChI=1S/C30H37N3O3/c1-21-8-9-22(2)27(19-21)36-18-6-14-30(3,4)29(35)32-25-12-16-33(17-13-25)28(34)24-10-11-26-23(20-24)7-5-15-31-26/h5,7-11,15,19-20,25H,6,12-14,16-18H2,1-4H3,(H,32,35). The summed E-state index contributed by atoms with van der Waals surface area (Å²) in [6.07, 6.45) is 4.83. The van der Waals surface area contributed by atoms with Crippen molar-refractivity contribution in [3.05, 3.63) is 71.4 Å². The van der Waals surface area contributed by atoms with Crippen LogP contribution < -0.4 is 10.1 Å². The van der Waals surface area contributed by atoms with Crippen LogP contribution in [0.2, 0.25) is 0 Å². The van der Waals surface area contributed by atoms with Gasteiger partial charge < -0.3 is 15.0 Å². The van der Waals surface area contributed by atoms with E-state index in [2.05, 4.69) is 35.4 Å². The average molecular weight is 488 g/mol. The van der Waals surface area contributed by atoms with Crippen LogP contribution in [0.4, 0.5) is 0 Å². The second kappa shape index (κ2) is 11.1. The number of amides is 2. The molecular weight excluding hydrogens is 450 g/mol. The molecule has 0 radical (unpaired) electrons. The lowest BCUT2D eigenvalue weighted by Gasteiger charge is -2.34. The molecule has 1 fully saturated rings. The Balaban J connectivity index is 1.22. The van der Waals surface area contributed by atoms with Gasteiger partial charge in [-0.25, -0.2) is 0 Å². The Morgan fingerprint density at radius 1 is 1.08 bits per heavy atom. The first-order chi connectivity index (χ1) is 17.2. The van der Waals surface area contributed by atoms with Gasteiger partial charge in [-0.2, -0.15) is 0 Å². The highest BCUT2D eigenvalue weighted by Crippen LogP contribution is 2.25. The molecule has 1 saturated heterocycles. The minimum absolute atomic E-state index is 0.0368. The zero-order valence-corrected chi connectivity index (χ0v) is 21.8. The van der Waals surface area contributed by atoms with E-state index in [0.717, 1.165) is 47.9 Å². The molecule has 2 aromatic carbocycles. The maximum Gasteiger partial charge on any atom is 0.253 e. The quantitative estimate of drug-likeness (QED) is 0.429. The predicted octanol–water partition coefficient (Wildman–Crippen LogP) is 5.46. The maximum atomic E-state index is 13.0. The topological polar surface area (TPSA) is 71.5 Å². The monoisotopic (exact) mass is 487 g/mol. The normalized spacial score (nSPS) is 14.6. The Morgan fingerprint density at radius 2 is 1.86 bits per heavy atom. The van der Waals surface area contributed by atoms with Crippen molar-refractivity contribution >= 4 is 22.7 Å². The zero-order valence-electron chi connectivity index (χ0n) is 21.8. The second-order valence-corrected chi connectivity index (χ2v) is 10.6. The van der Waals surface area contributed by atoms with Crippen LogP contribution in [0.25, 0.3) is 10.9 Å². The largest absolute Gasteiger partial charge is 0.493 e. The van der Waals surface area contributed by atoms with Gasteiger partial charge >= 0.3 is 0 Å². The van der Waals surface area contributed by atoms with Crippen LogP contribution in [0.15, 0.2) is 54.7 Å². The fourth-order valence-corrected chi connectivity index (χ4v) is 4.67. The molecule has 0 unspecified atom stereocenters. The van der Waals surface area contributed by atoms with Crippen LogP contribution in [0.1, 0.15) is 61.0 Å². The summed E-state index contributed by atoms with van der Waals surface area (Å²) in [6, 6.07) is 15.8. The minimum atomic E-state index is -0.475. The summed E-state index contributed by atoms with van der Waals surface area (Å²) in [5.41, 5.74) is 3.40. The van der Waals surface area contributed by atoms with E-state index in [1.54, 1.807) is 6.20 Å². The maximum absolute atomic E-state index is 13.0. The van der Waals surface area contributed by atoms with Crippen molar-refractivity contribution in [1.29, 1.82) is 0 Å². The summed E-state index contributed by atoms with van der Waals surface area (Å²) >= 11 is 0. The number of ether oxygens (including phenoxy) is 1. The molecule has 0 aliphatic carbocycles. The van der Waals surface area contributed by atoms with Gasteiger partial charge in [0.15, 0.2) is 0 Å². The average Bonchev–Trinajstić information content (AvgIpc) is 2.88. The van der Waals surface area contributed by atoms with Crippen molar-refractivity contribution < 1.29 is 14.3 Å². The molecule has 0 saturated carbocycles. The van der Waals surface area contributed by atoms with Crippen molar-refractivity contribution in [2.45, 2.75) is 59.4 Å². The molecule has 6 heteroatoms. The number of piperidine rings is 1. The molecule has 1 N–H and O–H groups in total. The van der Waals surface area contributed by atoms with E-state index in [-0.39, 0.29) is 17.9 Å². The summed E-state index contributed by atoms with van der Waals surface area (Å²) in [6.45, 7) is 9.96. The van der Waals surface area contributed by atoms with Gasteiger partial charge in [-0.15, -0.1) is 0 Å². The molecule has 3 aromatic rings. The number of benzene rings is 2. The molecule has 4 rings (SSSR count). The molecule has 1 aliphatic heterocycles. The second-order valence-electron chi connectivity index (χ2n) is 10.6. The van der Waals surface area contributed by atoms with Gasteiger partial charge in [-0.3, -0.25) is 14.6 Å². The third-order valence-corrected chi connectivity index (χ3v) is 7.13.